The lowest BCUT2D eigenvalue weighted by Gasteiger charge is -2.31. The van der Waals surface area contributed by atoms with E-state index in [2.05, 4.69) is 15.6 Å². The number of aliphatic imine (C=N–C) groups is 1. The number of carbonyl (C=O) groups excluding carboxylic acids is 1. The Morgan fingerprint density at radius 3 is 2.48 bits per heavy atom. The summed E-state index contributed by atoms with van der Waals surface area (Å²) in [5, 5.41) is 6.43. The summed E-state index contributed by atoms with van der Waals surface area (Å²) in [6.07, 6.45) is 3.91. The van der Waals surface area contributed by atoms with Gasteiger partial charge in [0, 0.05) is 34.2 Å². The minimum absolute atomic E-state index is 0. The minimum atomic E-state index is -0.392. The quantitative estimate of drug-likeness (QED) is 0.364. The van der Waals surface area contributed by atoms with Crippen LogP contribution in [0, 0.1) is 11.2 Å². The Labute approximate surface area is 178 Å². The SMILES string of the molecule is CN=C(NCc1ccc(OC)c(F)c1)NCC1(C(=O)N(C)C)CCCC1.I. The number of benzene rings is 1. The van der Waals surface area contributed by atoms with Gasteiger partial charge >= 0.3 is 0 Å². The molecule has 0 bridgehead atoms. The third-order valence-corrected chi connectivity index (χ3v) is 4.91. The molecule has 0 aromatic heterocycles. The highest BCUT2D eigenvalue weighted by Crippen LogP contribution is 2.38. The van der Waals surface area contributed by atoms with Crippen molar-refractivity contribution in [2.24, 2.45) is 10.4 Å². The predicted octanol–water partition coefficient (Wildman–Crippen LogP) is 2.77. The molecule has 1 saturated carbocycles. The maximum absolute atomic E-state index is 13.8. The summed E-state index contributed by atoms with van der Waals surface area (Å²) in [7, 11) is 6.72. The standard InChI is InChI=1S/C19H29FN4O2.HI/c1-21-18(22-12-14-7-8-16(26-4)15(20)11-14)23-13-19(9-5-6-10-19)17(25)24(2)3;/h7-8,11H,5-6,9-10,12-13H2,1-4H3,(H2,21,22,23);1H. The second-order valence-corrected chi connectivity index (χ2v) is 6.94. The summed E-state index contributed by atoms with van der Waals surface area (Å²) in [5.74, 6) is 0.590. The second kappa shape index (κ2) is 10.7. The average Bonchev–Trinajstić information content (AvgIpc) is 3.11. The number of guanidine groups is 1. The van der Waals surface area contributed by atoms with Gasteiger partial charge in [0.25, 0.3) is 0 Å². The predicted molar refractivity (Wildman–Crippen MR) is 116 cm³/mol. The van der Waals surface area contributed by atoms with Crippen LogP contribution in [0.1, 0.15) is 31.2 Å². The van der Waals surface area contributed by atoms with Crippen LogP contribution >= 0.6 is 24.0 Å². The van der Waals surface area contributed by atoms with E-state index >= 15 is 0 Å². The summed E-state index contributed by atoms with van der Waals surface area (Å²) >= 11 is 0. The summed E-state index contributed by atoms with van der Waals surface area (Å²) in [5.41, 5.74) is 0.416. The van der Waals surface area contributed by atoms with Crippen LogP contribution < -0.4 is 15.4 Å². The molecule has 152 valence electrons. The van der Waals surface area contributed by atoms with Crippen LogP contribution in [0.3, 0.4) is 0 Å². The molecule has 0 spiro atoms. The number of amides is 1. The van der Waals surface area contributed by atoms with Crippen molar-refractivity contribution in [2.45, 2.75) is 32.2 Å². The first-order chi connectivity index (χ1) is 12.4. The monoisotopic (exact) mass is 492 g/mol. The van der Waals surface area contributed by atoms with Gasteiger partial charge in [0.05, 0.1) is 12.5 Å². The zero-order valence-electron chi connectivity index (χ0n) is 16.5. The summed E-state index contributed by atoms with van der Waals surface area (Å²) in [4.78, 5) is 18.5. The van der Waals surface area contributed by atoms with Crippen LogP contribution in [0.25, 0.3) is 0 Å². The molecule has 1 amide bonds. The van der Waals surface area contributed by atoms with Gasteiger partial charge in [-0.15, -0.1) is 24.0 Å². The van der Waals surface area contributed by atoms with E-state index in [0.717, 1.165) is 31.2 Å². The first kappa shape index (κ1) is 23.5. The Bertz CT molecular complexity index is 661. The molecule has 2 N–H and O–H groups in total. The van der Waals surface area contributed by atoms with Crippen molar-refractivity contribution in [1.82, 2.24) is 15.5 Å². The van der Waals surface area contributed by atoms with Crippen molar-refractivity contribution in [1.29, 1.82) is 0 Å². The molecular formula is C19H30FIN4O2. The fraction of sp³-hybridized carbons (Fsp3) is 0.579. The fourth-order valence-electron chi connectivity index (χ4n) is 3.47. The highest BCUT2D eigenvalue weighted by molar-refractivity contribution is 14.0. The summed E-state index contributed by atoms with van der Waals surface area (Å²) < 4.78 is 18.7. The van der Waals surface area contributed by atoms with Crippen molar-refractivity contribution in [2.75, 3.05) is 34.8 Å². The fourth-order valence-corrected chi connectivity index (χ4v) is 3.47. The first-order valence-electron chi connectivity index (χ1n) is 8.90. The molecule has 1 aliphatic carbocycles. The molecule has 0 atom stereocenters. The van der Waals surface area contributed by atoms with Crippen LogP contribution in [0.4, 0.5) is 4.39 Å². The number of nitrogens with one attached hydrogen (secondary N) is 2. The Hall–Kier alpha value is -1.58. The van der Waals surface area contributed by atoms with Crippen molar-refractivity contribution in [3.05, 3.63) is 29.6 Å². The van der Waals surface area contributed by atoms with E-state index in [-0.39, 0.29) is 41.0 Å². The number of hydrogen-bond donors (Lipinski definition) is 2. The number of halogens is 2. The molecule has 1 aromatic rings. The van der Waals surface area contributed by atoms with Gasteiger partial charge in [-0.1, -0.05) is 18.9 Å². The highest BCUT2D eigenvalue weighted by atomic mass is 127. The Kier molecular flexibility index (Phi) is 9.28. The lowest BCUT2D eigenvalue weighted by atomic mass is 9.84. The number of nitrogens with zero attached hydrogens (tertiary/aromatic N) is 2. The third-order valence-electron chi connectivity index (χ3n) is 4.91. The molecule has 2 rings (SSSR count). The number of rotatable bonds is 6. The second-order valence-electron chi connectivity index (χ2n) is 6.94. The zero-order chi connectivity index (χ0) is 19.2. The van der Waals surface area contributed by atoms with E-state index < -0.39 is 5.82 Å². The lowest BCUT2D eigenvalue weighted by molar-refractivity contribution is -0.138. The number of ether oxygens (including phenoxy) is 1. The Balaban J connectivity index is 0.00000364. The van der Waals surface area contributed by atoms with Gasteiger partial charge in [-0.2, -0.15) is 0 Å². The van der Waals surface area contributed by atoms with Gasteiger partial charge in [0.15, 0.2) is 17.5 Å². The van der Waals surface area contributed by atoms with Gasteiger partial charge in [-0.25, -0.2) is 4.39 Å². The smallest absolute Gasteiger partial charge is 0.230 e. The maximum Gasteiger partial charge on any atom is 0.230 e. The van der Waals surface area contributed by atoms with Crippen LogP contribution in [-0.2, 0) is 11.3 Å². The molecule has 6 nitrogen and oxygen atoms in total. The largest absolute Gasteiger partial charge is 0.494 e. The number of hydrogen-bond acceptors (Lipinski definition) is 3. The van der Waals surface area contributed by atoms with E-state index in [1.807, 2.05) is 0 Å². The van der Waals surface area contributed by atoms with Gasteiger partial charge in [0.1, 0.15) is 0 Å². The van der Waals surface area contributed by atoms with E-state index in [4.69, 9.17) is 4.74 Å². The average molecular weight is 492 g/mol. The summed E-state index contributed by atoms with van der Waals surface area (Å²) in [6, 6.07) is 4.84. The first-order valence-corrected chi connectivity index (χ1v) is 8.90. The van der Waals surface area contributed by atoms with Gasteiger partial charge in [-0.3, -0.25) is 9.79 Å². The van der Waals surface area contributed by atoms with Crippen molar-refractivity contribution in [3.8, 4) is 5.75 Å². The molecule has 0 heterocycles. The molecule has 1 fully saturated rings. The van der Waals surface area contributed by atoms with E-state index in [1.165, 1.54) is 13.2 Å². The number of methoxy groups -OCH3 is 1. The summed E-state index contributed by atoms with van der Waals surface area (Å²) in [6.45, 7) is 0.968. The van der Waals surface area contributed by atoms with Crippen LogP contribution in [0.5, 0.6) is 5.75 Å². The van der Waals surface area contributed by atoms with Crippen LogP contribution in [0.2, 0.25) is 0 Å². The van der Waals surface area contributed by atoms with E-state index in [0.29, 0.717) is 19.0 Å². The van der Waals surface area contributed by atoms with E-state index in [9.17, 15) is 9.18 Å². The molecule has 8 heteroatoms. The molecule has 0 unspecified atom stereocenters. The molecule has 1 aliphatic rings. The van der Waals surface area contributed by atoms with Gasteiger partial charge in [0.2, 0.25) is 5.91 Å². The molecular weight excluding hydrogens is 462 g/mol. The highest BCUT2D eigenvalue weighted by Gasteiger charge is 2.42. The lowest BCUT2D eigenvalue weighted by Crippen LogP contribution is -2.49. The van der Waals surface area contributed by atoms with E-state index in [1.54, 1.807) is 38.2 Å². The molecule has 0 aliphatic heterocycles. The molecule has 0 radical (unpaired) electrons. The zero-order valence-corrected chi connectivity index (χ0v) is 18.8. The normalized spacial score (nSPS) is 15.7. The van der Waals surface area contributed by atoms with Crippen molar-refractivity contribution < 1.29 is 13.9 Å². The Morgan fingerprint density at radius 1 is 1.30 bits per heavy atom. The number of carbonyl (C=O) groups is 1. The van der Waals surface area contributed by atoms with Crippen molar-refractivity contribution >= 4 is 35.8 Å². The van der Waals surface area contributed by atoms with Crippen LogP contribution in [-0.4, -0.2) is 51.6 Å². The molecule has 1 aromatic carbocycles. The maximum atomic E-state index is 13.8. The molecule has 27 heavy (non-hydrogen) atoms. The Morgan fingerprint density at radius 2 is 1.96 bits per heavy atom. The minimum Gasteiger partial charge on any atom is -0.494 e. The molecule has 0 saturated heterocycles. The van der Waals surface area contributed by atoms with Crippen LogP contribution in [0.15, 0.2) is 23.2 Å². The van der Waals surface area contributed by atoms with Gasteiger partial charge in [-0.05, 0) is 30.5 Å². The topological polar surface area (TPSA) is 66.0 Å². The van der Waals surface area contributed by atoms with Gasteiger partial charge < -0.3 is 20.3 Å². The third kappa shape index (κ3) is 5.95. The van der Waals surface area contributed by atoms with Crippen molar-refractivity contribution in [3.63, 3.8) is 0 Å².